The molecule has 0 fully saturated rings. The lowest BCUT2D eigenvalue weighted by molar-refractivity contribution is -0.136. The van der Waals surface area contributed by atoms with Crippen molar-refractivity contribution in [3.8, 4) is 11.8 Å². The van der Waals surface area contributed by atoms with Crippen LogP contribution in [0.1, 0.15) is 12.5 Å². The summed E-state index contributed by atoms with van der Waals surface area (Å²) in [6.45, 7) is 1.92. The van der Waals surface area contributed by atoms with Crippen molar-refractivity contribution in [1.82, 2.24) is 4.98 Å². The van der Waals surface area contributed by atoms with Crippen molar-refractivity contribution >= 4 is 17.6 Å². The van der Waals surface area contributed by atoms with E-state index in [9.17, 15) is 9.59 Å². The lowest BCUT2D eigenvalue weighted by atomic mass is 10.3. The summed E-state index contributed by atoms with van der Waals surface area (Å²) >= 11 is 5.64. The largest absolute Gasteiger partial charge is 0.456 e. The highest BCUT2D eigenvalue weighted by atomic mass is 35.5. The maximum atomic E-state index is 11.2. The summed E-state index contributed by atoms with van der Waals surface area (Å²) in [7, 11) is 0. The van der Waals surface area contributed by atoms with Crippen LogP contribution in [0.5, 0.6) is 0 Å². The van der Waals surface area contributed by atoms with E-state index in [0.29, 0.717) is 5.02 Å². The fourth-order valence-electron chi connectivity index (χ4n) is 0.836. The van der Waals surface area contributed by atoms with Crippen LogP contribution in [0.3, 0.4) is 0 Å². The highest BCUT2D eigenvalue weighted by Crippen LogP contribution is 2.03. The Morgan fingerprint density at radius 2 is 2.40 bits per heavy atom. The van der Waals surface area contributed by atoms with E-state index < -0.39 is 11.5 Å². The molecule has 1 N–H and O–H groups in total. The molecule has 0 bridgehead atoms. The van der Waals surface area contributed by atoms with Gasteiger partial charge in [0.1, 0.15) is 0 Å². The zero-order valence-electron chi connectivity index (χ0n) is 7.96. The average Bonchev–Trinajstić information content (AvgIpc) is 2.20. The van der Waals surface area contributed by atoms with E-state index in [4.69, 9.17) is 11.6 Å². The summed E-state index contributed by atoms with van der Waals surface area (Å²) in [5.41, 5.74) is -0.258. The predicted molar refractivity (Wildman–Crippen MR) is 55.6 cm³/mol. The Kier molecular flexibility index (Phi) is 3.95. The minimum absolute atomic E-state index is 0.135. The lowest BCUT2D eigenvalue weighted by Gasteiger charge is -1.92. The highest BCUT2D eigenvalue weighted by molar-refractivity contribution is 6.30. The first-order chi connectivity index (χ1) is 7.13. The van der Waals surface area contributed by atoms with E-state index in [1.54, 1.807) is 6.92 Å². The van der Waals surface area contributed by atoms with Gasteiger partial charge in [0.15, 0.2) is 0 Å². The number of aromatic amines is 1. The second-order valence-corrected chi connectivity index (χ2v) is 2.97. The number of carbonyl (C=O) groups is 1. The lowest BCUT2D eigenvalue weighted by Crippen LogP contribution is -2.09. The molecule has 0 unspecified atom stereocenters. The SMILES string of the molecule is CCOC(=O)C#Cc1cc(Cl)c[nH]c1=O. The molecule has 0 saturated heterocycles. The van der Waals surface area contributed by atoms with E-state index in [-0.39, 0.29) is 12.2 Å². The van der Waals surface area contributed by atoms with Crippen molar-refractivity contribution in [3.05, 3.63) is 33.2 Å². The average molecular weight is 226 g/mol. The first-order valence-electron chi connectivity index (χ1n) is 4.20. The number of rotatable bonds is 1. The van der Waals surface area contributed by atoms with Gasteiger partial charge in [-0.3, -0.25) is 4.79 Å². The molecule has 1 heterocycles. The molecule has 0 spiro atoms. The molecule has 0 saturated carbocycles. The van der Waals surface area contributed by atoms with Crippen LogP contribution in [0.2, 0.25) is 5.02 Å². The number of halogens is 1. The summed E-state index contributed by atoms with van der Waals surface area (Å²) in [5.74, 6) is 3.89. The molecule has 0 amide bonds. The molecular formula is C10H8ClNO3. The molecule has 4 nitrogen and oxygen atoms in total. The third kappa shape index (κ3) is 3.49. The normalized spacial score (nSPS) is 8.93. The molecule has 0 aromatic carbocycles. The van der Waals surface area contributed by atoms with Crippen LogP contribution in [0.4, 0.5) is 0 Å². The monoisotopic (exact) mass is 225 g/mol. The van der Waals surface area contributed by atoms with Gasteiger partial charge in [0.05, 0.1) is 17.2 Å². The molecule has 0 aliphatic carbocycles. The standard InChI is InChI=1S/C10H8ClNO3/c1-2-15-9(13)4-3-7-5-8(11)6-12-10(7)14/h5-6H,2H2,1H3,(H,12,14). The van der Waals surface area contributed by atoms with E-state index in [2.05, 4.69) is 21.6 Å². The summed E-state index contributed by atoms with van der Waals surface area (Å²) in [5, 5.41) is 0.350. The number of aromatic nitrogens is 1. The molecule has 0 atom stereocenters. The summed E-state index contributed by atoms with van der Waals surface area (Å²) in [6, 6.07) is 1.38. The van der Waals surface area contributed by atoms with Gasteiger partial charge in [-0.25, -0.2) is 4.79 Å². The fourth-order valence-corrected chi connectivity index (χ4v) is 0.999. The summed E-state index contributed by atoms with van der Waals surface area (Å²) in [4.78, 5) is 24.4. The molecule has 0 aliphatic rings. The van der Waals surface area contributed by atoms with Gasteiger partial charge in [0, 0.05) is 12.1 Å². The van der Waals surface area contributed by atoms with Crippen LogP contribution < -0.4 is 5.56 Å². The van der Waals surface area contributed by atoms with E-state index in [1.807, 2.05) is 0 Å². The van der Waals surface area contributed by atoms with Gasteiger partial charge in [0.25, 0.3) is 5.56 Å². The number of carbonyl (C=O) groups excluding carboxylic acids is 1. The van der Waals surface area contributed by atoms with Crippen LogP contribution in [-0.4, -0.2) is 17.6 Å². The number of ether oxygens (including phenoxy) is 1. The maximum Gasteiger partial charge on any atom is 0.384 e. The van der Waals surface area contributed by atoms with Crippen molar-refractivity contribution in [2.45, 2.75) is 6.92 Å². The summed E-state index contributed by atoms with van der Waals surface area (Å²) < 4.78 is 4.58. The molecule has 78 valence electrons. The number of hydrogen-bond donors (Lipinski definition) is 1. The van der Waals surface area contributed by atoms with Gasteiger partial charge < -0.3 is 9.72 Å². The van der Waals surface area contributed by atoms with Crippen LogP contribution in [0.25, 0.3) is 0 Å². The first-order valence-corrected chi connectivity index (χ1v) is 4.58. The Hall–Kier alpha value is -1.73. The summed E-state index contributed by atoms with van der Waals surface area (Å²) in [6.07, 6.45) is 1.35. The van der Waals surface area contributed by atoms with Gasteiger partial charge in [-0.15, -0.1) is 0 Å². The van der Waals surface area contributed by atoms with E-state index >= 15 is 0 Å². The zero-order chi connectivity index (χ0) is 11.3. The number of pyridine rings is 1. The third-order valence-electron chi connectivity index (χ3n) is 1.44. The van der Waals surface area contributed by atoms with E-state index in [1.165, 1.54) is 12.3 Å². The second kappa shape index (κ2) is 5.23. The van der Waals surface area contributed by atoms with Gasteiger partial charge >= 0.3 is 5.97 Å². The van der Waals surface area contributed by atoms with Crippen LogP contribution in [0.15, 0.2) is 17.1 Å². The minimum atomic E-state index is -0.670. The smallest absolute Gasteiger partial charge is 0.384 e. The zero-order valence-corrected chi connectivity index (χ0v) is 8.72. The maximum absolute atomic E-state index is 11.2. The Bertz CT molecular complexity index is 481. The van der Waals surface area contributed by atoms with Crippen molar-refractivity contribution in [2.75, 3.05) is 6.61 Å². The highest BCUT2D eigenvalue weighted by Gasteiger charge is 1.98. The van der Waals surface area contributed by atoms with Crippen molar-refractivity contribution in [3.63, 3.8) is 0 Å². The Labute approximate surface area is 91.2 Å². The molecule has 1 rings (SSSR count). The Morgan fingerprint density at radius 3 is 3.07 bits per heavy atom. The molecule has 0 aliphatic heterocycles. The third-order valence-corrected chi connectivity index (χ3v) is 1.66. The van der Waals surface area contributed by atoms with Gasteiger partial charge in [0.2, 0.25) is 0 Å². The molecule has 5 heteroatoms. The van der Waals surface area contributed by atoms with Crippen molar-refractivity contribution in [1.29, 1.82) is 0 Å². The number of nitrogens with one attached hydrogen (secondary N) is 1. The first kappa shape index (κ1) is 11.3. The predicted octanol–water partition coefficient (Wildman–Crippen LogP) is 0.943. The Morgan fingerprint density at radius 1 is 1.67 bits per heavy atom. The van der Waals surface area contributed by atoms with Crippen LogP contribution in [0, 0.1) is 11.8 Å². The quantitative estimate of drug-likeness (QED) is 0.572. The molecule has 1 aromatic rings. The topological polar surface area (TPSA) is 59.2 Å². The minimum Gasteiger partial charge on any atom is -0.456 e. The van der Waals surface area contributed by atoms with Crippen molar-refractivity contribution in [2.24, 2.45) is 0 Å². The van der Waals surface area contributed by atoms with Gasteiger partial charge in [-0.2, -0.15) is 0 Å². The van der Waals surface area contributed by atoms with Crippen molar-refractivity contribution < 1.29 is 9.53 Å². The second-order valence-electron chi connectivity index (χ2n) is 2.53. The molecule has 0 radical (unpaired) electrons. The molecular weight excluding hydrogens is 218 g/mol. The van der Waals surface area contributed by atoms with Gasteiger partial charge in [-0.05, 0) is 18.9 Å². The van der Waals surface area contributed by atoms with Crippen LogP contribution >= 0.6 is 11.6 Å². The van der Waals surface area contributed by atoms with Gasteiger partial charge in [-0.1, -0.05) is 11.6 Å². The number of hydrogen-bond acceptors (Lipinski definition) is 3. The van der Waals surface area contributed by atoms with E-state index in [0.717, 1.165) is 0 Å². The number of H-pyrrole nitrogens is 1. The molecule has 15 heavy (non-hydrogen) atoms. The number of esters is 1. The fraction of sp³-hybridized carbons (Fsp3) is 0.200. The molecule has 1 aromatic heterocycles. The Balaban J connectivity index is 2.93. The van der Waals surface area contributed by atoms with Crippen LogP contribution in [-0.2, 0) is 9.53 Å².